The number of carbonyl (C=O) groups excluding carboxylic acids is 1. The number of rotatable bonds is 8. The fourth-order valence-corrected chi connectivity index (χ4v) is 2.64. The lowest BCUT2D eigenvalue weighted by Gasteiger charge is -2.22. The van der Waals surface area contributed by atoms with E-state index < -0.39 is 5.54 Å². The molecule has 1 rings (SSSR count). The molecule has 106 valence electrons. The first-order valence-electron chi connectivity index (χ1n) is 7.62. The summed E-state index contributed by atoms with van der Waals surface area (Å²) in [6.45, 7) is 5.32. The highest BCUT2D eigenvalue weighted by atomic mass is 16.2. The summed E-state index contributed by atoms with van der Waals surface area (Å²) < 4.78 is 0. The highest BCUT2D eigenvalue weighted by Gasteiger charge is 2.36. The van der Waals surface area contributed by atoms with Crippen molar-refractivity contribution in [3.05, 3.63) is 0 Å². The minimum Gasteiger partial charge on any atom is -0.355 e. The van der Waals surface area contributed by atoms with Crippen LogP contribution in [-0.4, -0.2) is 18.0 Å². The van der Waals surface area contributed by atoms with Crippen molar-refractivity contribution in [1.29, 1.82) is 0 Å². The van der Waals surface area contributed by atoms with Crippen molar-refractivity contribution in [2.45, 2.75) is 77.2 Å². The van der Waals surface area contributed by atoms with E-state index in [1.54, 1.807) is 0 Å². The molecule has 1 amide bonds. The van der Waals surface area contributed by atoms with Gasteiger partial charge in [-0.3, -0.25) is 4.79 Å². The van der Waals surface area contributed by atoms with Crippen molar-refractivity contribution < 1.29 is 4.79 Å². The minimum atomic E-state index is -0.558. The van der Waals surface area contributed by atoms with E-state index in [2.05, 4.69) is 19.2 Å². The van der Waals surface area contributed by atoms with E-state index in [9.17, 15) is 4.79 Å². The van der Waals surface area contributed by atoms with E-state index in [-0.39, 0.29) is 5.91 Å². The number of hydrogen-bond donors (Lipinski definition) is 2. The van der Waals surface area contributed by atoms with E-state index in [1.165, 1.54) is 25.7 Å². The number of carbonyl (C=O) groups is 1. The molecule has 1 aliphatic rings. The average molecular weight is 254 g/mol. The summed E-state index contributed by atoms with van der Waals surface area (Å²) in [5, 5.41) is 3.00. The molecule has 18 heavy (non-hydrogen) atoms. The van der Waals surface area contributed by atoms with Crippen LogP contribution in [0.5, 0.6) is 0 Å². The van der Waals surface area contributed by atoms with E-state index in [0.29, 0.717) is 0 Å². The molecule has 1 fully saturated rings. The maximum absolute atomic E-state index is 11.9. The summed E-state index contributed by atoms with van der Waals surface area (Å²) in [5.74, 6) is 0.881. The Morgan fingerprint density at radius 1 is 1.17 bits per heavy atom. The molecule has 3 heteroatoms. The van der Waals surface area contributed by atoms with Crippen LogP contribution in [0.4, 0.5) is 0 Å². The van der Waals surface area contributed by atoms with Gasteiger partial charge < -0.3 is 11.1 Å². The topological polar surface area (TPSA) is 55.1 Å². The second kappa shape index (κ2) is 7.78. The van der Waals surface area contributed by atoms with Crippen molar-refractivity contribution in [2.24, 2.45) is 11.7 Å². The van der Waals surface area contributed by atoms with Gasteiger partial charge in [-0.15, -0.1) is 0 Å². The van der Waals surface area contributed by atoms with Gasteiger partial charge in [-0.05, 0) is 25.2 Å². The standard InChI is InChI=1S/C15H30N2O/c1-13(2)9-5-3-4-8-12-17-14(18)15(16)10-6-7-11-15/h13H,3-12,16H2,1-2H3,(H,17,18). The van der Waals surface area contributed by atoms with Crippen molar-refractivity contribution >= 4 is 5.91 Å². The molecule has 0 unspecified atom stereocenters. The molecule has 0 spiro atoms. The lowest BCUT2D eigenvalue weighted by atomic mass is 9.98. The summed E-state index contributed by atoms with van der Waals surface area (Å²) in [7, 11) is 0. The summed E-state index contributed by atoms with van der Waals surface area (Å²) >= 11 is 0. The fourth-order valence-electron chi connectivity index (χ4n) is 2.64. The Bertz CT molecular complexity index is 245. The summed E-state index contributed by atoms with van der Waals surface area (Å²) in [5.41, 5.74) is 5.53. The van der Waals surface area contributed by atoms with Crippen molar-refractivity contribution in [1.82, 2.24) is 5.32 Å². The SMILES string of the molecule is CC(C)CCCCCCNC(=O)C1(N)CCCC1. The second-order valence-electron chi connectivity index (χ2n) is 6.22. The molecule has 0 atom stereocenters. The Morgan fingerprint density at radius 3 is 2.39 bits per heavy atom. The molecule has 0 aliphatic heterocycles. The van der Waals surface area contributed by atoms with Crippen LogP contribution < -0.4 is 11.1 Å². The average Bonchev–Trinajstić information content (AvgIpc) is 2.75. The number of nitrogens with two attached hydrogens (primary N) is 1. The van der Waals surface area contributed by atoms with Crippen LogP contribution in [0.1, 0.15) is 71.6 Å². The maximum Gasteiger partial charge on any atom is 0.240 e. The third-order valence-corrected chi connectivity index (χ3v) is 3.94. The quantitative estimate of drug-likeness (QED) is 0.654. The summed E-state index contributed by atoms with van der Waals surface area (Å²) in [6, 6.07) is 0. The van der Waals surface area contributed by atoms with Crippen LogP contribution in [0, 0.1) is 5.92 Å². The third-order valence-electron chi connectivity index (χ3n) is 3.94. The van der Waals surface area contributed by atoms with Gasteiger partial charge in [-0.25, -0.2) is 0 Å². The van der Waals surface area contributed by atoms with E-state index in [0.717, 1.165) is 44.6 Å². The van der Waals surface area contributed by atoms with Crippen LogP contribution in [0.3, 0.4) is 0 Å². The zero-order valence-electron chi connectivity index (χ0n) is 12.1. The van der Waals surface area contributed by atoms with Crippen LogP contribution in [0.25, 0.3) is 0 Å². The molecular weight excluding hydrogens is 224 g/mol. The van der Waals surface area contributed by atoms with Crippen LogP contribution in [-0.2, 0) is 4.79 Å². The van der Waals surface area contributed by atoms with Gasteiger partial charge in [-0.2, -0.15) is 0 Å². The molecule has 0 aromatic heterocycles. The Hall–Kier alpha value is -0.570. The van der Waals surface area contributed by atoms with E-state index >= 15 is 0 Å². The first-order valence-corrected chi connectivity index (χ1v) is 7.62. The number of amides is 1. The predicted octanol–water partition coefficient (Wildman–Crippen LogP) is 2.98. The molecule has 0 bridgehead atoms. The normalized spacial score (nSPS) is 18.2. The van der Waals surface area contributed by atoms with Crippen molar-refractivity contribution in [2.75, 3.05) is 6.54 Å². The van der Waals surface area contributed by atoms with Gasteiger partial charge in [0.2, 0.25) is 5.91 Å². The molecule has 3 N–H and O–H groups in total. The zero-order chi connectivity index (χ0) is 13.4. The number of hydrogen-bond acceptors (Lipinski definition) is 2. The molecule has 0 saturated heterocycles. The van der Waals surface area contributed by atoms with E-state index in [4.69, 9.17) is 5.73 Å². The predicted molar refractivity (Wildman–Crippen MR) is 76.3 cm³/mol. The minimum absolute atomic E-state index is 0.0715. The molecule has 0 heterocycles. The lowest BCUT2D eigenvalue weighted by Crippen LogP contribution is -2.52. The van der Waals surface area contributed by atoms with Crippen molar-refractivity contribution in [3.63, 3.8) is 0 Å². The second-order valence-corrected chi connectivity index (χ2v) is 6.22. The molecule has 0 aromatic rings. The first kappa shape index (κ1) is 15.5. The third kappa shape index (κ3) is 5.38. The lowest BCUT2D eigenvalue weighted by molar-refractivity contribution is -0.126. The fraction of sp³-hybridized carbons (Fsp3) is 0.933. The van der Waals surface area contributed by atoms with Gasteiger partial charge in [0.1, 0.15) is 0 Å². The molecule has 1 aliphatic carbocycles. The van der Waals surface area contributed by atoms with Gasteiger partial charge in [0.25, 0.3) is 0 Å². The number of unbranched alkanes of at least 4 members (excludes halogenated alkanes) is 3. The van der Waals surface area contributed by atoms with Gasteiger partial charge >= 0.3 is 0 Å². The Morgan fingerprint density at radius 2 is 1.78 bits per heavy atom. The zero-order valence-corrected chi connectivity index (χ0v) is 12.1. The van der Waals surface area contributed by atoms with Gasteiger partial charge in [0, 0.05) is 6.54 Å². The van der Waals surface area contributed by atoms with Crippen LogP contribution in [0.15, 0.2) is 0 Å². The van der Waals surface area contributed by atoms with Crippen LogP contribution in [0.2, 0.25) is 0 Å². The first-order chi connectivity index (χ1) is 8.54. The molecule has 0 radical (unpaired) electrons. The smallest absolute Gasteiger partial charge is 0.240 e. The Labute approximate surface area is 112 Å². The molecule has 0 aromatic carbocycles. The Kier molecular flexibility index (Phi) is 6.69. The van der Waals surface area contributed by atoms with Crippen LogP contribution >= 0.6 is 0 Å². The molecule has 1 saturated carbocycles. The largest absolute Gasteiger partial charge is 0.355 e. The maximum atomic E-state index is 11.9. The highest BCUT2D eigenvalue weighted by Crippen LogP contribution is 2.27. The number of nitrogens with one attached hydrogen (secondary N) is 1. The highest BCUT2D eigenvalue weighted by molar-refractivity contribution is 5.86. The van der Waals surface area contributed by atoms with Crippen molar-refractivity contribution in [3.8, 4) is 0 Å². The van der Waals surface area contributed by atoms with Gasteiger partial charge in [0.05, 0.1) is 5.54 Å². The summed E-state index contributed by atoms with van der Waals surface area (Å²) in [6.07, 6.45) is 10.1. The molecular formula is C15H30N2O. The molecule has 3 nitrogen and oxygen atoms in total. The monoisotopic (exact) mass is 254 g/mol. The van der Waals surface area contributed by atoms with E-state index in [1.807, 2.05) is 0 Å². The Balaban J connectivity index is 1.99. The van der Waals surface area contributed by atoms with Gasteiger partial charge in [0.15, 0.2) is 0 Å². The summed E-state index contributed by atoms with van der Waals surface area (Å²) in [4.78, 5) is 11.9. The van der Waals surface area contributed by atoms with Gasteiger partial charge in [-0.1, -0.05) is 52.4 Å².